The quantitative estimate of drug-likeness (QED) is 0.131. The van der Waals surface area contributed by atoms with E-state index in [1.165, 1.54) is 0 Å². The lowest BCUT2D eigenvalue weighted by atomic mass is 10.2. The van der Waals surface area contributed by atoms with Crippen molar-refractivity contribution in [2.45, 2.75) is 25.1 Å². The van der Waals surface area contributed by atoms with E-state index in [1.807, 2.05) is 51.2 Å². The third-order valence-electron chi connectivity index (χ3n) is 2.97. The lowest BCUT2D eigenvalue weighted by molar-refractivity contribution is -0.215. The van der Waals surface area contributed by atoms with E-state index in [4.69, 9.17) is 4.74 Å². The summed E-state index contributed by atoms with van der Waals surface area (Å²) in [6, 6.07) is 3.47. The van der Waals surface area contributed by atoms with Crippen LogP contribution in [0.4, 0.5) is 13.2 Å². The molecule has 158 valence electrons. The average molecular weight is 761 g/mol. The molecule has 0 aliphatic rings. The van der Waals surface area contributed by atoms with Crippen LogP contribution in [0.25, 0.3) is 0 Å². The predicted molar refractivity (Wildman–Crippen MR) is 115 cm³/mol. The summed E-state index contributed by atoms with van der Waals surface area (Å²) in [7, 11) is -5.25. The molecule has 1 aromatic rings. The molecular formula is C14H11F3I3O7S-. The highest BCUT2D eigenvalue weighted by Gasteiger charge is 2.44. The molecule has 0 amide bonds. The van der Waals surface area contributed by atoms with Crippen LogP contribution in [0.1, 0.15) is 23.2 Å². The van der Waals surface area contributed by atoms with E-state index in [1.54, 1.807) is 6.07 Å². The fourth-order valence-electron chi connectivity index (χ4n) is 1.76. The monoisotopic (exact) mass is 761 g/mol. The van der Waals surface area contributed by atoms with Gasteiger partial charge in [-0.15, -0.1) is 0 Å². The molecule has 0 radical (unpaired) electrons. The van der Waals surface area contributed by atoms with E-state index in [-0.39, 0.29) is 13.0 Å². The van der Waals surface area contributed by atoms with Crippen LogP contribution in [-0.2, 0) is 24.4 Å². The molecule has 1 unspecified atom stereocenters. The maximum Gasteiger partial charge on any atom is 0.426 e. The Kier molecular flexibility index (Phi) is 10.1. The summed E-state index contributed by atoms with van der Waals surface area (Å²) in [5, 5.41) is 0. The average Bonchev–Trinajstić information content (AvgIpc) is 2.52. The van der Waals surface area contributed by atoms with Gasteiger partial charge in [-0.25, -0.2) is 13.2 Å². The van der Waals surface area contributed by atoms with E-state index < -0.39 is 46.5 Å². The molecule has 0 heterocycles. The molecule has 7 nitrogen and oxygen atoms in total. The minimum Gasteiger partial charge on any atom is -0.748 e. The van der Waals surface area contributed by atoms with Crippen LogP contribution >= 0.6 is 67.8 Å². The third-order valence-corrected chi connectivity index (χ3v) is 7.34. The molecule has 0 saturated heterocycles. The molecule has 0 aliphatic heterocycles. The van der Waals surface area contributed by atoms with Crippen LogP contribution in [0.15, 0.2) is 12.1 Å². The smallest absolute Gasteiger partial charge is 0.426 e. The van der Waals surface area contributed by atoms with Crippen LogP contribution in [0.3, 0.4) is 0 Å². The Balaban J connectivity index is 2.55. The van der Waals surface area contributed by atoms with E-state index in [2.05, 4.69) is 27.3 Å². The lowest BCUT2D eigenvalue weighted by Gasteiger charge is -2.21. The van der Waals surface area contributed by atoms with Gasteiger partial charge >= 0.3 is 18.1 Å². The zero-order valence-corrected chi connectivity index (χ0v) is 20.9. The minimum atomic E-state index is -5.25. The highest BCUT2D eigenvalue weighted by atomic mass is 127. The number of hydrogen-bond acceptors (Lipinski definition) is 7. The summed E-state index contributed by atoms with van der Waals surface area (Å²) in [5.74, 6) is -3.92. The highest BCUT2D eigenvalue weighted by molar-refractivity contribution is 14.1. The Bertz CT molecular complexity index is 843. The number of carbonyl (C=O) groups excluding carboxylic acids is 2. The van der Waals surface area contributed by atoms with Gasteiger partial charge in [-0.05, 0) is 86.3 Å². The van der Waals surface area contributed by atoms with E-state index in [9.17, 15) is 35.7 Å². The van der Waals surface area contributed by atoms with E-state index >= 15 is 0 Å². The summed E-state index contributed by atoms with van der Waals surface area (Å²) in [4.78, 5) is 23.6. The number of benzene rings is 1. The molecule has 1 atom stereocenters. The van der Waals surface area contributed by atoms with Crippen molar-refractivity contribution in [2.75, 3.05) is 12.4 Å². The number of rotatable bonds is 8. The first-order valence-corrected chi connectivity index (χ1v) is 12.0. The second kappa shape index (κ2) is 10.9. The molecule has 0 aliphatic carbocycles. The van der Waals surface area contributed by atoms with Crippen molar-refractivity contribution in [3.63, 3.8) is 0 Å². The Labute approximate surface area is 199 Å². The summed E-state index contributed by atoms with van der Waals surface area (Å²) in [6.45, 7) is -0.261. The zero-order valence-electron chi connectivity index (χ0n) is 13.6. The second-order valence-electron chi connectivity index (χ2n) is 5.23. The van der Waals surface area contributed by atoms with Crippen molar-refractivity contribution in [1.29, 1.82) is 0 Å². The molecule has 0 N–H and O–H groups in total. The van der Waals surface area contributed by atoms with Gasteiger partial charge in [-0.3, -0.25) is 4.79 Å². The molecule has 0 aromatic heterocycles. The first-order chi connectivity index (χ1) is 12.7. The topological polar surface area (TPSA) is 110 Å². The first-order valence-electron chi connectivity index (χ1n) is 7.22. The Morgan fingerprint density at radius 3 is 2.32 bits per heavy atom. The molecule has 0 bridgehead atoms. The number of halogens is 6. The maximum atomic E-state index is 12.6. The summed E-state index contributed by atoms with van der Waals surface area (Å²) >= 11 is 6.05. The van der Waals surface area contributed by atoms with Crippen LogP contribution < -0.4 is 0 Å². The molecule has 0 fully saturated rings. The van der Waals surface area contributed by atoms with Gasteiger partial charge in [0, 0.05) is 17.1 Å². The van der Waals surface area contributed by atoms with Crippen molar-refractivity contribution in [3.8, 4) is 0 Å². The number of ether oxygens (including phenoxy) is 2. The van der Waals surface area contributed by atoms with Crippen molar-refractivity contribution >= 4 is 89.8 Å². The lowest BCUT2D eigenvalue weighted by Crippen LogP contribution is -2.39. The number of carbonyl (C=O) groups is 2. The van der Waals surface area contributed by atoms with Gasteiger partial charge in [0.2, 0.25) is 6.10 Å². The molecule has 28 heavy (non-hydrogen) atoms. The summed E-state index contributed by atoms with van der Waals surface area (Å²) in [6.07, 6.45) is -8.94. The normalized spacial score (nSPS) is 13.1. The van der Waals surface area contributed by atoms with Gasteiger partial charge in [0.1, 0.15) is 0 Å². The molecular weight excluding hydrogens is 750 g/mol. The molecule has 0 spiro atoms. The maximum absolute atomic E-state index is 12.6. The standard InChI is InChI=1S/C14H12F3I3O7S/c15-14(16,17)10(6-28(23,24)25)27-11(21)2-1-3-26-13(22)8-4-7(18)5-9(19)12(8)20/h4-5,10H,1-3,6H2,(H,23,24,25)/p-1. The fourth-order valence-corrected chi connectivity index (χ4v) is 4.77. The number of alkyl halides is 3. The van der Waals surface area contributed by atoms with Gasteiger partial charge in [-0.2, -0.15) is 13.2 Å². The number of esters is 2. The van der Waals surface area contributed by atoms with Crippen molar-refractivity contribution in [3.05, 3.63) is 28.4 Å². The molecule has 1 rings (SSSR count). The van der Waals surface area contributed by atoms with Gasteiger partial charge < -0.3 is 14.0 Å². The van der Waals surface area contributed by atoms with Crippen molar-refractivity contribution in [1.82, 2.24) is 0 Å². The summed E-state index contributed by atoms with van der Waals surface area (Å²) in [5.41, 5.74) is 0.317. The van der Waals surface area contributed by atoms with Gasteiger partial charge in [-0.1, -0.05) is 0 Å². The SMILES string of the molecule is O=C(CCCOC(=O)c1cc(I)cc(I)c1I)OC(CS(=O)(=O)[O-])C(F)(F)F. The van der Waals surface area contributed by atoms with Gasteiger partial charge in [0.15, 0.2) is 0 Å². The van der Waals surface area contributed by atoms with Crippen molar-refractivity contribution in [2.24, 2.45) is 0 Å². The van der Waals surface area contributed by atoms with Crippen LogP contribution in [0, 0.1) is 10.7 Å². The highest BCUT2D eigenvalue weighted by Crippen LogP contribution is 2.25. The van der Waals surface area contributed by atoms with Crippen molar-refractivity contribution < 1.29 is 45.2 Å². The minimum absolute atomic E-state index is 0.142. The molecule has 14 heteroatoms. The number of hydrogen-bond donors (Lipinski definition) is 0. The third kappa shape index (κ3) is 9.24. The van der Waals surface area contributed by atoms with Gasteiger partial charge in [0.05, 0.1) is 28.0 Å². The molecule has 0 saturated carbocycles. The Hall–Kier alpha value is 0.0500. The fraction of sp³-hybridized carbons (Fsp3) is 0.429. The van der Waals surface area contributed by atoms with Gasteiger partial charge in [0.25, 0.3) is 0 Å². The van der Waals surface area contributed by atoms with Crippen LogP contribution in [0.2, 0.25) is 0 Å². The first kappa shape index (κ1) is 26.1. The van der Waals surface area contributed by atoms with Crippen LogP contribution in [-0.4, -0.2) is 49.5 Å². The zero-order chi connectivity index (χ0) is 21.7. The second-order valence-corrected chi connectivity index (χ2v) is 10.2. The Morgan fingerprint density at radius 2 is 1.79 bits per heavy atom. The summed E-state index contributed by atoms with van der Waals surface area (Å²) < 4.78 is 80.8. The van der Waals surface area contributed by atoms with E-state index in [0.717, 1.165) is 7.14 Å². The predicted octanol–water partition coefficient (Wildman–Crippen LogP) is 3.46. The van der Waals surface area contributed by atoms with E-state index in [0.29, 0.717) is 9.13 Å². The van der Waals surface area contributed by atoms with Crippen LogP contribution in [0.5, 0.6) is 0 Å². The largest absolute Gasteiger partial charge is 0.748 e. The molecule has 1 aromatic carbocycles. The Morgan fingerprint density at radius 1 is 1.18 bits per heavy atom.